The third-order valence-electron chi connectivity index (χ3n) is 1.54. The van der Waals surface area contributed by atoms with Crippen LogP contribution in [0.4, 0.5) is 0 Å². The number of allylic oxidation sites excluding steroid dienone is 3. The molecule has 62 valence electrons. The largest absolute Gasteiger partial charge is 0.294 e. The summed E-state index contributed by atoms with van der Waals surface area (Å²) in [7, 11) is -3.98. The molecule has 0 aromatic heterocycles. The summed E-state index contributed by atoms with van der Waals surface area (Å²) in [6.45, 7) is 1.90. The van der Waals surface area contributed by atoms with Gasteiger partial charge in [-0.25, -0.2) is 0 Å². The van der Waals surface area contributed by atoms with Gasteiger partial charge < -0.3 is 0 Å². The van der Waals surface area contributed by atoms with Gasteiger partial charge in [0.15, 0.2) is 0 Å². The predicted octanol–water partition coefficient (Wildman–Crippen LogP) is 1.35. The summed E-state index contributed by atoms with van der Waals surface area (Å²) in [6.07, 6.45) is 5.55. The zero-order valence-corrected chi connectivity index (χ0v) is 7.00. The average Bonchev–Trinajstić information content (AvgIpc) is 1.86. The molecule has 0 amide bonds. The second kappa shape index (κ2) is 2.79. The van der Waals surface area contributed by atoms with Crippen LogP contribution in [0.1, 0.15) is 13.3 Å². The van der Waals surface area contributed by atoms with Crippen LogP contribution in [-0.4, -0.2) is 13.0 Å². The van der Waals surface area contributed by atoms with Crippen molar-refractivity contribution in [1.82, 2.24) is 0 Å². The van der Waals surface area contributed by atoms with Gasteiger partial charge in [-0.05, 0) is 18.4 Å². The molecule has 0 aliphatic heterocycles. The molecule has 1 atom stereocenters. The van der Waals surface area contributed by atoms with Crippen LogP contribution in [0.15, 0.2) is 23.1 Å². The Balaban J connectivity index is 2.98. The molecule has 0 radical (unpaired) electrons. The molecule has 1 N–H and O–H groups in total. The highest BCUT2D eigenvalue weighted by Crippen LogP contribution is 2.18. The number of hydrogen-bond donors (Lipinski definition) is 1. The fraction of sp³-hybridized carbons (Fsp3) is 0.429. The van der Waals surface area contributed by atoms with Gasteiger partial charge in [0.05, 0.1) is 4.91 Å². The van der Waals surface area contributed by atoms with E-state index in [4.69, 9.17) is 4.55 Å². The molecule has 11 heavy (non-hydrogen) atoms. The Morgan fingerprint density at radius 1 is 1.64 bits per heavy atom. The van der Waals surface area contributed by atoms with Gasteiger partial charge in [-0.15, -0.1) is 0 Å². The molecule has 3 nitrogen and oxygen atoms in total. The van der Waals surface area contributed by atoms with Crippen molar-refractivity contribution in [3.05, 3.63) is 23.1 Å². The van der Waals surface area contributed by atoms with Crippen LogP contribution in [-0.2, 0) is 10.1 Å². The summed E-state index contributed by atoms with van der Waals surface area (Å²) in [5, 5.41) is 0. The average molecular weight is 174 g/mol. The summed E-state index contributed by atoms with van der Waals surface area (Å²) < 4.78 is 29.7. The second-order valence-electron chi connectivity index (χ2n) is 2.66. The summed E-state index contributed by atoms with van der Waals surface area (Å²) in [5.41, 5.74) is 0. The zero-order valence-electron chi connectivity index (χ0n) is 6.19. The van der Waals surface area contributed by atoms with E-state index in [1.54, 1.807) is 12.2 Å². The maximum absolute atomic E-state index is 10.6. The molecule has 0 heterocycles. The fourth-order valence-corrected chi connectivity index (χ4v) is 1.65. The van der Waals surface area contributed by atoms with Crippen LogP contribution < -0.4 is 0 Å². The van der Waals surface area contributed by atoms with E-state index in [-0.39, 0.29) is 10.8 Å². The van der Waals surface area contributed by atoms with Gasteiger partial charge in [-0.3, -0.25) is 4.55 Å². The summed E-state index contributed by atoms with van der Waals surface area (Å²) in [4.78, 5) is 0.0104. The lowest BCUT2D eigenvalue weighted by Crippen LogP contribution is -2.04. The van der Waals surface area contributed by atoms with Gasteiger partial charge in [0.25, 0.3) is 10.1 Å². The first kappa shape index (κ1) is 8.49. The van der Waals surface area contributed by atoms with Gasteiger partial charge >= 0.3 is 0 Å². The van der Waals surface area contributed by atoms with Gasteiger partial charge in [-0.2, -0.15) is 8.42 Å². The Morgan fingerprint density at radius 3 is 2.64 bits per heavy atom. The van der Waals surface area contributed by atoms with Crippen molar-refractivity contribution in [2.75, 3.05) is 0 Å². The van der Waals surface area contributed by atoms with Crippen LogP contribution in [0.2, 0.25) is 0 Å². The Kier molecular flexibility index (Phi) is 2.15. The van der Waals surface area contributed by atoms with Crippen molar-refractivity contribution in [1.29, 1.82) is 0 Å². The van der Waals surface area contributed by atoms with Gasteiger partial charge in [0.2, 0.25) is 0 Å². The third kappa shape index (κ3) is 2.17. The lowest BCUT2D eigenvalue weighted by atomic mass is 10.0. The van der Waals surface area contributed by atoms with Crippen LogP contribution in [0, 0.1) is 5.92 Å². The highest BCUT2D eigenvalue weighted by Gasteiger charge is 2.14. The monoisotopic (exact) mass is 174 g/mol. The van der Waals surface area contributed by atoms with E-state index in [0.29, 0.717) is 0 Å². The predicted molar refractivity (Wildman–Crippen MR) is 42.6 cm³/mol. The molecule has 0 aromatic rings. The maximum Gasteiger partial charge on any atom is 0.294 e. The third-order valence-corrected chi connectivity index (χ3v) is 2.40. The van der Waals surface area contributed by atoms with Gasteiger partial charge in [0, 0.05) is 0 Å². The highest BCUT2D eigenvalue weighted by molar-refractivity contribution is 7.90. The smallest absolute Gasteiger partial charge is 0.282 e. The van der Waals surface area contributed by atoms with E-state index in [1.807, 2.05) is 6.92 Å². The lowest BCUT2D eigenvalue weighted by molar-refractivity contribution is 0.491. The molecule has 0 spiro atoms. The minimum absolute atomic E-state index is 0.0104. The summed E-state index contributed by atoms with van der Waals surface area (Å²) >= 11 is 0. The maximum atomic E-state index is 10.6. The first-order valence-electron chi connectivity index (χ1n) is 3.36. The molecule has 0 saturated heterocycles. The minimum atomic E-state index is -3.98. The van der Waals surface area contributed by atoms with E-state index in [0.717, 1.165) is 6.42 Å². The van der Waals surface area contributed by atoms with E-state index in [2.05, 4.69) is 0 Å². The summed E-state index contributed by atoms with van der Waals surface area (Å²) in [5.74, 6) is 0.192. The van der Waals surface area contributed by atoms with Crippen molar-refractivity contribution >= 4 is 10.1 Å². The van der Waals surface area contributed by atoms with Crippen LogP contribution in [0.5, 0.6) is 0 Å². The van der Waals surface area contributed by atoms with Crippen molar-refractivity contribution < 1.29 is 13.0 Å². The topological polar surface area (TPSA) is 54.4 Å². The first-order chi connectivity index (χ1) is 5.00. The molecule has 0 aromatic carbocycles. The lowest BCUT2D eigenvalue weighted by Gasteiger charge is -2.08. The van der Waals surface area contributed by atoms with Crippen LogP contribution in [0.25, 0.3) is 0 Å². The fourth-order valence-electron chi connectivity index (χ4n) is 0.975. The van der Waals surface area contributed by atoms with Crippen molar-refractivity contribution in [3.63, 3.8) is 0 Å². The molecule has 1 aliphatic carbocycles. The van der Waals surface area contributed by atoms with Crippen LogP contribution in [0.3, 0.4) is 0 Å². The molecule has 4 heteroatoms. The normalized spacial score (nSPS) is 24.9. The minimum Gasteiger partial charge on any atom is -0.282 e. The highest BCUT2D eigenvalue weighted by atomic mass is 32.2. The van der Waals surface area contributed by atoms with Gasteiger partial charge in [-0.1, -0.05) is 19.1 Å². The molecule has 1 unspecified atom stereocenters. The van der Waals surface area contributed by atoms with E-state index >= 15 is 0 Å². The molecular formula is C7H10O3S. The zero-order chi connectivity index (χ0) is 8.48. The standard InChI is InChI=1S/C7H10O3S/c1-6-3-2-4-7(5-6)11(8,9)10/h2,4-6H,3H2,1H3,(H,8,9,10). The van der Waals surface area contributed by atoms with Crippen LogP contribution >= 0.6 is 0 Å². The van der Waals surface area contributed by atoms with Crippen molar-refractivity contribution in [2.45, 2.75) is 13.3 Å². The van der Waals surface area contributed by atoms with Gasteiger partial charge in [0.1, 0.15) is 0 Å². The molecule has 1 rings (SSSR count). The number of rotatable bonds is 1. The SMILES string of the molecule is CC1C=C(S(=O)(=O)O)C=CC1. The Hall–Kier alpha value is -0.610. The van der Waals surface area contributed by atoms with E-state index in [1.165, 1.54) is 6.08 Å². The molecular weight excluding hydrogens is 164 g/mol. The van der Waals surface area contributed by atoms with E-state index < -0.39 is 10.1 Å². The molecule has 1 aliphatic rings. The Labute approximate surface area is 66.2 Å². The van der Waals surface area contributed by atoms with Crippen molar-refractivity contribution in [2.24, 2.45) is 5.92 Å². The van der Waals surface area contributed by atoms with Crippen molar-refractivity contribution in [3.8, 4) is 0 Å². The quantitative estimate of drug-likeness (QED) is 0.610. The summed E-state index contributed by atoms with van der Waals surface area (Å²) in [6, 6.07) is 0. The second-order valence-corrected chi connectivity index (χ2v) is 4.08. The first-order valence-corrected chi connectivity index (χ1v) is 4.80. The Bertz CT molecular complexity index is 298. The molecule has 0 bridgehead atoms. The Morgan fingerprint density at radius 2 is 2.27 bits per heavy atom. The molecule has 0 fully saturated rings. The number of hydrogen-bond acceptors (Lipinski definition) is 2. The molecule has 0 saturated carbocycles. The van der Waals surface area contributed by atoms with E-state index in [9.17, 15) is 8.42 Å².